The molecule has 2 aliphatic heterocycles. The van der Waals surface area contributed by atoms with Crippen molar-refractivity contribution in [3.8, 4) is 34.1 Å². The highest BCUT2D eigenvalue weighted by Crippen LogP contribution is 2.42. The minimum atomic E-state index is -1.02. The number of carboxylic acid groups (broad SMARTS) is 2. The summed E-state index contributed by atoms with van der Waals surface area (Å²) in [5.74, 6) is -2.02. The fourth-order valence-corrected chi connectivity index (χ4v) is 8.71. The van der Waals surface area contributed by atoms with E-state index in [0.29, 0.717) is 58.2 Å². The average molecular weight is 868 g/mol. The third kappa shape index (κ3) is 9.03. The van der Waals surface area contributed by atoms with Crippen LogP contribution in [-0.4, -0.2) is 67.9 Å². The summed E-state index contributed by atoms with van der Waals surface area (Å²) in [4.78, 5) is 57.5. The van der Waals surface area contributed by atoms with E-state index in [2.05, 4.69) is 11.1 Å². The summed E-state index contributed by atoms with van der Waals surface area (Å²) in [5, 5.41) is 29.4. The van der Waals surface area contributed by atoms with Crippen molar-refractivity contribution in [2.75, 3.05) is 7.11 Å². The second-order valence-electron chi connectivity index (χ2n) is 14.8. The number of hydrogen-bond acceptors (Lipinski definition) is 7. The van der Waals surface area contributed by atoms with Crippen LogP contribution in [0.2, 0.25) is 10.0 Å². The average Bonchev–Trinajstić information content (AvgIpc) is 3.96. The molecular weight excluding hydrogens is 827 g/mol. The third-order valence-electron chi connectivity index (χ3n) is 11.3. The van der Waals surface area contributed by atoms with Crippen LogP contribution < -0.4 is 4.74 Å². The zero-order chi connectivity index (χ0) is 43.9. The quantitative estimate of drug-likeness (QED) is 0.144. The molecule has 13 heteroatoms. The molecule has 2 fully saturated rings. The SMILES string of the molecule is COc1ccncc1-c1ccc(C(=O)N2[C@@H](c3ccccc3Cl)CC[C@H]2C(=O)O)cc1.N#Cc1ccc(-c2ccc(C(=O)N3[C@@H](c4ccccc4Cl)CC[C@H]3C(=O)O)cc2)cc1. The molecule has 5 aromatic carbocycles. The van der Waals surface area contributed by atoms with Crippen molar-refractivity contribution in [2.24, 2.45) is 0 Å². The zero-order valence-corrected chi connectivity index (χ0v) is 34.9. The predicted molar refractivity (Wildman–Crippen MR) is 235 cm³/mol. The summed E-state index contributed by atoms with van der Waals surface area (Å²) in [7, 11) is 1.59. The number of methoxy groups -OCH3 is 1. The van der Waals surface area contributed by atoms with Crippen molar-refractivity contribution >= 4 is 47.0 Å². The van der Waals surface area contributed by atoms with Crippen LogP contribution in [0.25, 0.3) is 22.3 Å². The number of ether oxygens (including phenoxy) is 1. The molecule has 0 aliphatic carbocycles. The van der Waals surface area contributed by atoms with Crippen LogP contribution in [0.15, 0.2) is 140 Å². The summed E-state index contributed by atoms with van der Waals surface area (Å²) < 4.78 is 5.38. The standard InChI is InChI=1S/C25H19ClN2O3.C24H21ClN2O4/c26-21-4-2-1-3-20(21)22-13-14-23(25(30)31)28(22)24(29)19-11-9-18(10-12-19)17-7-5-16(15-27)6-8-17;1-31-22-12-13-26-14-18(22)15-6-8-16(9-7-15)23(28)27-20(10-11-21(27)24(29)30)17-4-2-3-5-19(17)25/h1-12,22-23H,13-14H2,(H,30,31);2-9,12-14,20-21H,10-11H2,1H3,(H,29,30)/t22-,23+;20-,21+/m11/s1. The number of rotatable bonds is 9. The van der Waals surface area contributed by atoms with Crippen molar-refractivity contribution in [1.82, 2.24) is 14.8 Å². The van der Waals surface area contributed by atoms with Gasteiger partial charge in [-0.2, -0.15) is 5.26 Å². The molecular formula is C49H40Cl2N4O7. The van der Waals surface area contributed by atoms with Crippen LogP contribution in [-0.2, 0) is 9.59 Å². The highest BCUT2D eigenvalue weighted by Gasteiger charge is 2.44. The number of aromatic nitrogens is 1. The molecule has 0 spiro atoms. The van der Waals surface area contributed by atoms with Gasteiger partial charge in [-0.15, -0.1) is 0 Å². The first-order valence-electron chi connectivity index (χ1n) is 19.8. The molecule has 312 valence electrons. The first-order chi connectivity index (χ1) is 30.0. The highest BCUT2D eigenvalue weighted by molar-refractivity contribution is 6.31. The minimum absolute atomic E-state index is 0.332. The lowest BCUT2D eigenvalue weighted by Gasteiger charge is -2.29. The molecule has 1 aromatic heterocycles. The number of nitriles is 1. The van der Waals surface area contributed by atoms with Crippen molar-refractivity contribution in [3.63, 3.8) is 0 Å². The van der Waals surface area contributed by atoms with E-state index in [4.69, 9.17) is 33.2 Å². The Morgan fingerprint density at radius 3 is 1.48 bits per heavy atom. The number of carbonyl (C=O) groups is 4. The lowest BCUT2D eigenvalue weighted by atomic mass is 10.0. The monoisotopic (exact) mass is 866 g/mol. The molecule has 8 rings (SSSR count). The van der Waals surface area contributed by atoms with Gasteiger partial charge in [-0.25, -0.2) is 9.59 Å². The first kappa shape index (κ1) is 43.1. The second-order valence-corrected chi connectivity index (χ2v) is 15.6. The van der Waals surface area contributed by atoms with E-state index in [9.17, 15) is 29.4 Å². The van der Waals surface area contributed by atoms with Crippen molar-refractivity contribution in [1.29, 1.82) is 5.26 Å². The summed E-state index contributed by atoms with van der Waals surface area (Å²) in [6.45, 7) is 0. The number of nitrogens with zero attached hydrogens (tertiary/aromatic N) is 4. The maximum Gasteiger partial charge on any atom is 0.326 e. The maximum atomic E-state index is 13.4. The van der Waals surface area contributed by atoms with Crippen molar-refractivity contribution in [3.05, 3.63) is 178 Å². The Kier molecular flexibility index (Phi) is 13.3. The largest absolute Gasteiger partial charge is 0.496 e. The highest BCUT2D eigenvalue weighted by atomic mass is 35.5. The van der Waals surface area contributed by atoms with E-state index in [0.717, 1.165) is 33.4 Å². The van der Waals surface area contributed by atoms with Gasteiger partial charge in [0.1, 0.15) is 17.8 Å². The number of halogens is 2. The molecule has 3 heterocycles. The van der Waals surface area contributed by atoms with E-state index >= 15 is 0 Å². The van der Waals surface area contributed by atoms with Crippen molar-refractivity contribution < 1.29 is 34.1 Å². The molecule has 2 N–H and O–H groups in total. The maximum absolute atomic E-state index is 13.4. The topological polar surface area (TPSA) is 161 Å². The van der Waals surface area contributed by atoms with Crippen LogP contribution >= 0.6 is 23.2 Å². The number of hydrogen-bond donors (Lipinski definition) is 2. The summed E-state index contributed by atoms with van der Waals surface area (Å²) in [5.41, 5.74) is 6.42. The van der Waals surface area contributed by atoms with Gasteiger partial charge in [-0.3, -0.25) is 14.6 Å². The van der Waals surface area contributed by atoms with Gasteiger partial charge in [0, 0.05) is 39.1 Å². The number of pyridine rings is 1. The van der Waals surface area contributed by atoms with Gasteiger partial charge >= 0.3 is 11.9 Å². The zero-order valence-electron chi connectivity index (χ0n) is 33.4. The smallest absolute Gasteiger partial charge is 0.326 e. The van der Waals surface area contributed by atoms with Gasteiger partial charge in [0.2, 0.25) is 0 Å². The van der Waals surface area contributed by atoms with Crippen molar-refractivity contribution in [2.45, 2.75) is 49.9 Å². The van der Waals surface area contributed by atoms with E-state index in [-0.39, 0.29) is 23.9 Å². The van der Waals surface area contributed by atoms with Gasteiger partial charge in [-0.05, 0) is 108 Å². The first-order valence-corrected chi connectivity index (χ1v) is 20.5. The van der Waals surface area contributed by atoms with Crippen LogP contribution in [0, 0.1) is 11.3 Å². The Balaban J connectivity index is 0.000000186. The molecule has 0 bridgehead atoms. The van der Waals surface area contributed by atoms with Gasteiger partial charge in [0.15, 0.2) is 0 Å². The Morgan fingerprint density at radius 1 is 0.629 bits per heavy atom. The Morgan fingerprint density at radius 2 is 1.06 bits per heavy atom. The Labute approximate surface area is 368 Å². The molecule has 2 saturated heterocycles. The van der Waals surface area contributed by atoms with Crippen LogP contribution in [0.5, 0.6) is 5.75 Å². The fourth-order valence-electron chi connectivity index (χ4n) is 8.18. The number of likely N-dealkylation sites (tertiary alicyclic amines) is 2. The Hall–Kier alpha value is -7.00. The van der Waals surface area contributed by atoms with E-state index < -0.39 is 24.0 Å². The normalized spacial score (nSPS) is 18.0. The molecule has 4 atom stereocenters. The number of aliphatic carboxylic acids is 2. The molecule has 0 unspecified atom stereocenters. The van der Waals surface area contributed by atoms with Gasteiger partial charge in [0.05, 0.1) is 30.8 Å². The fraction of sp³-hybridized carbons (Fsp3) is 0.184. The molecule has 11 nitrogen and oxygen atoms in total. The number of amides is 2. The van der Waals surface area contributed by atoms with E-state index in [1.54, 1.807) is 74.1 Å². The van der Waals surface area contributed by atoms with Crippen LogP contribution in [0.3, 0.4) is 0 Å². The Bertz CT molecular complexity index is 2650. The van der Waals surface area contributed by atoms with E-state index in [1.165, 1.54) is 9.80 Å². The molecule has 6 aromatic rings. The minimum Gasteiger partial charge on any atom is -0.496 e. The summed E-state index contributed by atoms with van der Waals surface area (Å²) in [6.07, 6.45) is 5.17. The number of carboxylic acids is 2. The molecule has 0 radical (unpaired) electrons. The lowest BCUT2D eigenvalue weighted by Crippen LogP contribution is -2.41. The second kappa shape index (κ2) is 19.1. The number of benzene rings is 5. The van der Waals surface area contributed by atoms with Gasteiger partial charge in [0.25, 0.3) is 11.8 Å². The van der Waals surface area contributed by atoms with Gasteiger partial charge in [-0.1, -0.05) is 96.0 Å². The number of carbonyl (C=O) groups excluding carboxylic acids is 2. The molecule has 2 amide bonds. The van der Waals surface area contributed by atoms with Crippen LogP contribution in [0.1, 0.15) is 75.2 Å². The molecule has 62 heavy (non-hydrogen) atoms. The lowest BCUT2D eigenvalue weighted by molar-refractivity contribution is -0.142. The summed E-state index contributed by atoms with van der Waals surface area (Å²) >= 11 is 12.7. The molecule has 0 saturated carbocycles. The summed E-state index contributed by atoms with van der Waals surface area (Å²) in [6, 6.07) is 37.0. The predicted octanol–water partition coefficient (Wildman–Crippen LogP) is 10.2. The van der Waals surface area contributed by atoms with E-state index in [1.807, 2.05) is 72.8 Å². The van der Waals surface area contributed by atoms with Crippen LogP contribution in [0.4, 0.5) is 0 Å². The molecule has 2 aliphatic rings. The third-order valence-corrected chi connectivity index (χ3v) is 11.9. The van der Waals surface area contributed by atoms with Gasteiger partial charge < -0.3 is 24.7 Å².